The molecule has 0 aliphatic heterocycles. The van der Waals surface area contributed by atoms with Crippen LogP contribution in [0.25, 0.3) is 22.3 Å². The summed E-state index contributed by atoms with van der Waals surface area (Å²) in [6.07, 6.45) is 1.59. The number of nitrogens with zero attached hydrogens (tertiary/aromatic N) is 3. The van der Waals surface area contributed by atoms with Gasteiger partial charge in [-0.25, -0.2) is 4.98 Å². The van der Waals surface area contributed by atoms with Gasteiger partial charge in [-0.15, -0.1) is 0 Å². The monoisotopic (exact) mass is 573 g/mol. The minimum Gasteiger partial charge on any atom is -0.493 e. The van der Waals surface area contributed by atoms with Gasteiger partial charge in [-0.05, 0) is 46.3 Å². The highest BCUT2D eigenvalue weighted by atomic mass is 79.9. The van der Waals surface area contributed by atoms with Gasteiger partial charge in [0.2, 0.25) is 0 Å². The lowest BCUT2D eigenvalue weighted by Crippen LogP contribution is -2.20. The number of hydrogen-bond donors (Lipinski definition) is 0. The molecule has 1 aromatic heterocycles. The number of para-hydroxylation sites is 1. The first-order valence-corrected chi connectivity index (χ1v) is 12.6. The van der Waals surface area contributed by atoms with Gasteiger partial charge in [0.05, 0.1) is 24.2 Å². The van der Waals surface area contributed by atoms with Gasteiger partial charge in [-0.3, -0.25) is 4.79 Å². The molecule has 1 heterocycles. The van der Waals surface area contributed by atoms with E-state index in [-0.39, 0.29) is 12.2 Å². The number of aromatic nitrogens is 2. The molecular formula is C29H21BrClN3O3. The third kappa shape index (κ3) is 5.28. The highest BCUT2D eigenvalue weighted by Gasteiger charge is 2.14. The maximum atomic E-state index is 13.4. The van der Waals surface area contributed by atoms with Crippen LogP contribution in [0.5, 0.6) is 11.5 Å². The first-order valence-electron chi connectivity index (χ1n) is 11.4. The zero-order valence-corrected chi connectivity index (χ0v) is 22.1. The second-order valence-electron chi connectivity index (χ2n) is 8.08. The van der Waals surface area contributed by atoms with Crippen molar-refractivity contribution in [1.29, 1.82) is 0 Å². The molecule has 8 heteroatoms. The largest absolute Gasteiger partial charge is 0.493 e. The molecule has 0 bridgehead atoms. The summed E-state index contributed by atoms with van der Waals surface area (Å²) in [6.45, 7) is 0.286. The Morgan fingerprint density at radius 1 is 0.973 bits per heavy atom. The maximum absolute atomic E-state index is 13.4. The summed E-state index contributed by atoms with van der Waals surface area (Å²) >= 11 is 9.85. The Kier molecular flexibility index (Phi) is 7.35. The SMILES string of the molecule is COc1cc(C=Nn2c(-c3ccccc3)nc3ccccc3c2=O)c(Br)cc1OCc1ccccc1Cl. The molecule has 0 atom stereocenters. The van der Waals surface area contributed by atoms with E-state index in [1.165, 1.54) is 4.68 Å². The molecule has 0 aliphatic rings. The van der Waals surface area contributed by atoms with Gasteiger partial charge in [0, 0.05) is 26.2 Å². The molecule has 4 aromatic carbocycles. The maximum Gasteiger partial charge on any atom is 0.282 e. The molecule has 5 aromatic rings. The van der Waals surface area contributed by atoms with Crippen molar-refractivity contribution < 1.29 is 9.47 Å². The molecule has 0 saturated carbocycles. The van der Waals surface area contributed by atoms with Crippen LogP contribution in [-0.4, -0.2) is 23.0 Å². The first kappa shape index (κ1) is 24.7. The third-order valence-corrected chi connectivity index (χ3v) is 6.78. The summed E-state index contributed by atoms with van der Waals surface area (Å²) in [5.41, 5.74) is 2.69. The molecule has 0 N–H and O–H groups in total. The number of rotatable bonds is 7. The average molecular weight is 575 g/mol. The van der Waals surface area contributed by atoms with Crippen molar-refractivity contribution in [2.24, 2.45) is 5.10 Å². The number of benzene rings is 4. The zero-order valence-electron chi connectivity index (χ0n) is 19.8. The summed E-state index contributed by atoms with van der Waals surface area (Å²) in [4.78, 5) is 18.1. The van der Waals surface area contributed by atoms with Crippen molar-refractivity contribution in [2.75, 3.05) is 7.11 Å². The lowest BCUT2D eigenvalue weighted by molar-refractivity contribution is 0.284. The van der Waals surface area contributed by atoms with Crippen molar-refractivity contribution in [2.45, 2.75) is 6.61 Å². The van der Waals surface area contributed by atoms with Crippen LogP contribution < -0.4 is 15.0 Å². The number of halogens is 2. The Bertz CT molecular complexity index is 1670. The summed E-state index contributed by atoms with van der Waals surface area (Å²) in [7, 11) is 1.57. The van der Waals surface area contributed by atoms with Crippen molar-refractivity contribution in [3.05, 3.63) is 122 Å². The molecule has 0 spiro atoms. The van der Waals surface area contributed by atoms with Gasteiger partial charge in [0.1, 0.15) is 6.61 Å². The van der Waals surface area contributed by atoms with Crippen LogP contribution in [0.4, 0.5) is 0 Å². The Balaban J connectivity index is 1.53. The summed E-state index contributed by atoms with van der Waals surface area (Å²) in [6, 6.07) is 27.8. The molecule has 6 nitrogen and oxygen atoms in total. The number of ether oxygens (including phenoxy) is 2. The van der Waals surface area contributed by atoms with Crippen LogP contribution in [0.2, 0.25) is 5.02 Å². The highest BCUT2D eigenvalue weighted by Crippen LogP contribution is 2.34. The molecule has 5 rings (SSSR count). The predicted molar refractivity (Wildman–Crippen MR) is 151 cm³/mol. The molecule has 37 heavy (non-hydrogen) atoms. The van der Waals surface area contributed by atoms with E-state index in [4.69, 9.17) is 26.1 Å². The highest BCUT2D eigenvalue weighted by molar-refractivity contribution is 9.10. The van der Waals surface area contributed by atoms with Crippen LogP contribution in [0.15, 0.2) is 105 Å². The minimum absolute atomic E-state index is 0.261. The normalized spacial score (nSPS) is 11.2. The molecule has 0 amide bonds. The third-order valence-electron chi connectivity index (χ3n) is 5.72. The Morgan fingerprint density at radius 2 is 1.70 bits per heavy atom. The lowest BCUT2D eigenvalue weighted by Gasteiger charge is -2.13. The fourth-order valence-electron chi connectivity index (χ4n) is 3.82. The van der Waals surface area contributed by atoms with Crippen molar-refractivity contribution in [1.82, 2.24) is 9.66 Å². The average Bonchev–Trinajstić information content (AvgIpc) is 2.93. The molecule has 0 aliphatic carbocycles. The van der Waals surface area contributed by atoms with Crippen molar-refractivity contribution >= 4 is 44.6 Å². The predicted octanol–water partition coefficient (Wildman–Crippen LogP) is 6.95. The minimum atomic E-state index is -0.261. The fraction of sp³-hybridized carbons (Fsp3) is 0.0690. The number of hydrogen-bond acceptors (Lipinski definition) is 5. The quantitative estimate of drug-likeness (QED) is 0.197. The second-order valence-corrected chi connectivity index (χ2v) is 9.35. The smallest absolute Gasteiger partial charge is 0.282 e. The van der Waals surface area contributed by atoms with E-state index in [0.29, 0.717) is 43.3 Å². The van der Waals surface area contributed by atoms with E-state index < -0.39 is 0 Å². The Labute approximate surface area is 226 Å². The van der Waals surface area contributed by atoms with E-state index in [0.717, 1.165) is 11.1 Å². The van der Waals surface area contributed by atoms with Crippen LogP contribution in [0.1, 0.15) is 11.1 Å². The first-order chi connectivity index (χ1) is 18.0. The van der Waals surface area contributed by atoms with Crippen LogP contribution in [-0.2, 0) is 6.61 Å². The molecule has 0 saturated heterocycles. The van der Waals surface area contributed by atoms with Crippen molar-refractivity contribution in [3.63, 3.8) is 0 Å². The lowest BCUT2D eigenvalue weighted by atomic mass is 10.2. The molecule has 0 radical (unpaired) electrons. The molecule has 184 valence electrons. The topological polar surface area (TPSA) is 65.7 Å². The van der Waals surface area contributed by atoms with Gasteiger partial charge in [-0.2, -0.15) is 9.78 Å². The van der Waals surface area contributed by atoms with Crippen LogP contribution >= 0.6 is 27.5 Å². The summed E-state index contributed by atoms with van der Waals surface area (Å²) < 4.78 is 13.6. The van der Waals surface area contributed by atoms with Crippen LogP contribution in [0.3, 0.4) is 0 Å². The van der Waals surface area contributed by atoms with Gasteiger partial charge in [0.25, 0.3) is 5.56 Å². The van der Waals surface area contributed by atoms with Gasteiger partial charge < -0.3 is 9.47 Å². The molecular weight excluding hydrogens is 554 g/mol. The summed E-state index contributed by atoms with van der Waals surface area (Å²) in [5, 5.41) is 5.66. The van der Waals surface area contributed by atoms with E-state index in [1.54, 1.807) is 31.5 Å². The van der Waals surface area contributed by atoms with E-state index in [1.807, 2.05) is 72.8 Å². The zero-order chi connectivity index (χ0) is 25.8. The Hall–Kier alpha value is -3.94. The van der Waals surface area contributed by atoms with Crippen molar-refractivity contribution in [3.8, 4) is 22.9 Å². The Morgan fingerprint density at radius 3 is 2.49 bits per heavy atom. The van der Waals surface area contributed by atoms with E-state index in [9.17, 15) is 4.79 Å². The van der Waals surface area contributed by atoms with E-state index >= 15 is 0 Å². The fourth-order valence-corrected chi connectivity index (χ4v) is 4.43. The van der Waals surface area contributed by atoms with Gasteiger partial charge >= 0.3 is 0 Å². The standard InChI is InChI=1S/C29H21BrClN3O3/c1-36-26-15-21(23(30)16-27(26)37-18-20-11-5-7-13-24(20)31)17-32-34-28(19-9-3-2-4-10-19)33-25-14-8-6-12-22(25)29(34)35/h2-17H,18H2,1H3. The van der Waals surface area contributed by atoms with E-state index in [2.05, 4.69) is 21.0 Å². The molecule has 0 unspecified atom stereocenters. The number of methoxy groups -OCH3 is 1. The van der Waals surface area contributed by atoms with Crippen LogP contribution in [0, 0.1) is 0 Å². The van der Waals surface area contributed by atoms with Gasteiger partial charge in [-0.1, -0.05) is 72.3 Å². The second kappa shape index (κ2) is 11.0. The summed E-state index contributed by atoms with van der Waals surface area (Å²) in [5.74, 6) is 1.51. The molecule has 0 fully saturated rings. The number of fused-ring (bicyclic) bond motifs is 1. The van der Waals surface area contributed by atoms with Gasteiger partial charge in [0.15, 0.2) is 17.3 Å².